The molecule has 1 aliphatic heterocycles. The van der Waals surface area contributed by atoms with E-state index in [1.807, 2.05) is 66.7 Å². The van der Waals surface area contributed by atoms with E-state index in [4.69, 9.17) is 4.74 Å². The number of carbonyl (C=O) groups excluding carboxylic acids is 1. The molecule has 2 aromatic rings. The first-order valence-electron chi connectivity index (χ1n) is 7.78. The summed E-state index contributed by atoms with van der Waals surface area (Å²) >= 11 is 0. The Morgan fingerprint density at radius 2 is 1.79 bits per heavy atom. The fourth-order valence-corrected chi connectivity index (χ4v) is 2.74. The number of hydrogen-bond acceptors (Lipinski definition) is 2. The second kappa shape index (κ2) is 7.01. The van der Waals surface area contributed by atoms with Crippen molar-refractivity contribution in [2.75, 3.05) is 12.0 Å². The van der Waals surface area contributed by atoms with E-state index in [0.29, 0.717) is 0 Å². The predicted octanol–water partition coefficient (Wildman–Crippen LogP) is 4.24. The zero-order chi connectivity index (χ0) is 16.9. The molecule has 0 N–H and O–H groups in total. The highest BCUT2D eigenvalue weighted by Gasteiger charge is 2.40. The zero-order valence-electron chi connectivity index (χ0n) is 13.6. The number of ether oxygens (including phenoxy) is 1. The van der Waals surface area contributed by atoms with Crippen LogP contribution in [0.5, 0.6) is 5.75 Å². The number of hydrogen-bond donors (Lipinski definition) is 0. The van der Waals surface area contributed by atoms with E-state index in [1.165, 1.54) is 0 Å². The average molecular weight is 317 g/mol. The van der Waals surface area contributed by atoms with Crippen LogP contribution < -0.4 is 9.64 Å². The van der Waals surface area contributed by atoms with Gasteiger partial charge in [0.15, 0.2) is 0 Å². The van der Waals surface area contributed by atoms with Crippen LogP contribution in [0.3, 0.4) is 0 Å². The number of anilines is 1. The van der Waals surface area contributed by atoms with Gasteiger partial charge in [0.05, 0.1) is 13.2 Å². The number of rotatable bonds is 5. The van der Waals surface area contributed by atoms with E-state index in [0.717, 1.165) is 22.6 Å². The maximum absolute atomic E-state index is 12.5. The van der Waals surface area contributed by atoms with Crippen molar-refractivity contribution >= 4 is 17.7 Å². The van der Waals surface area contributed by atoms with Gasteiger partial charge in [-0.05, 0) is 29.8 Å². The molecule has 120 valence electrons. The summed E-state index contributed by atoms with van der Waals surface area (Å²) in [5.74, 6) is 0.771. The van der Waals surface area contributed by atoms with E-state index in [1.54, 1.807) is 24.2 Å². The van der Waals surface area contributed by atoms with Gasteiger partial charge in [0.25, 0.3) is 5.91 Å². The van der Waals surface area contributed by atoms with Gasteiger partial charge in [0.1, 0.15) is 5.75 Å². The Balaban J connectivity index is 1.89. The van der Waals surface area contributed by atoms with E-state index >= 15 is 0 Å². The van der Waals surface area contributed by atoms with E-state index in [-0.39, 0.29) is 11.9 Å². The normalized spacial score (nSPS) is 18.7. The molecule has 1 atom stereocenters. The molecule has 3 heteroatoms. The van der Waals surface area contributed by atoms with Crippen LogP contribution in [0.4, 0.5) is 5.69 Å². The summed E-state index contributed by atoms with van der Waals surface area (Å²) in [5, 5.41) is 0. The molecule has 2 aromatic carbocycles. The minimum Gasteiger partial charge on any atom is -0.497 e. The van der Waals surface area contributed by atoms with E-state index in [9.17, 15) is 4.79 Å². The second-order valence-electron chi connectivity index (χ2n) is 5.45. The van der Waals surface area contributed by atoms with Gasteiger partial charge in [-0.3, -0.25) is 9.69 Å². The van der Waals surface area contributed by atoms with Gasteiger partial charge in [-0.15, -0.1) is 0 Å². The van der Waals surface area contributed by atoms with Crippen LogP contribution in [0, 0.1) is 0 Å². The summed E-state index contributed by atoms with van der Waals surface area (Å²) in [7, 11) is 1.63. The Bertz CT molecular complexity index is 788. The molecular weight excluding hydrogens is 298 g/mol. The summed E-state index contributed by atoms with van der Waals surface area (Å²) in [6, 6.07) is 17.4. The lowest BCUT2D eigenvalue weighted by molar-refractivity contribution is -0.118. The molecule has 24 heavy (non-hydrogen) atoms. The first-order valence-corrected chi connectivity index (χ1v) is 7.78. The number of nitrogens with zero attached hydrogens (tertiary/aromatic N) is 1. The molecule has 1 unspecified atom stereocenters. The van der Waals surface area contributed by atoms with Crippen molar-refractivity contribution in [1.82, 2.24) is 0 Å². The highest BCUT2D eigenvalue weighted by atomic mass is 16.5. The minimum atomic E-state index is -0.0934. The highest BCUT2D eigenvalue weighted by molar-refractivity contribution is 6.16. The van der Waals surface area contributed by atoms with Crippen molar-refractivity contribution in [2.45, 2.75) is 6.04 Å². The molecule has 0 aromatic heterocycles. The van der Waals surface area contributed by atoms with Gasteiger partial charge in [-0.1, -0.05) is 61.2 Å². The van der Waals surface area contributed by atoms with Gasteiger partial charge < -0.3 is 4.74 Å². The van der Waals surface area contributed by atoms with Crippen LogP contribution in [0.25, 0.3) is 6.08 Å². The number of β-lactam (4-membered cyclic amide) rings is 1. The number of amides is 1. The molecule has 1 fully saturated rings. The van der Waals surface area contributed by atoms with Gasteiger partial charge in [0.2, 0.25) is 0 Å². The quantitative estimate of drug-likeness (QED) is 0.610. The third-order valence-corrected chi connectivity index (χ3v) is 3.98. The lowest BCUT2D eigenvalue weighted by Crippen LogP contribution is -2.54. The molecule has 0 radical (unpaired) electrons. The van der Waals surface area contributed by atoms with Crippen LogP contribution in [0.2, 0.25) is 0 Å². The fourth-order valence-electron chi connectivity index (χ4n) is 2.74. The standard InChI is InChI=1S/C21H19NO2/c1-3-7-19-20(15-10-16-8-5-4-6-9-16)22(21(19)23)17-11-13-18(24-2)14-12-17/h3-15,20H,1H2,2H3/b15-10+,19-7-. The second-order valence-corrected chi connectivity index (χ2v) is 5.45. The Morgan fingerprint density at radius 3 is 2.42 bits per heavy atom. The largest absolute Gasteiger partial charge is 0.497 e. The van der Waals surface area contributed by atoms with Crippen molar-refractivity contribution in [3.8, 4) is 5.75 Å². The number of methoxy groups -OCH3 is 1. The summed E-state index contributed by atoms with van der Waals surface area (Å²) < 4.78 is 5.18. The zero-order valence-corrected chi connectivity index (χ0v) is 13.6. The van der Waals surface area contributed by atoms with Crippen LogP contribution in [-0.4, -0.2) is 19.1 Å². The fraction of sp³-hybridized carbons (Fsp3) is 0.0952. The Hall–Kier alpha value is -3.07. The molecular formula is C21H19NO2. The Labute approximate surface area is 142 Å². The topological polar surface area (TPSA) is 29.5 Å². The first-order chi connectivity index (χ1) is 11.7. The Morgan fingerprint density at radius 1 is 1.08 bits per heavy atom. The maximum atomic E-state index is 12.5. The van der Waals surface area contributed by atoms with Gasteiger partial charge >= 0.3 is 0 Å². The maximum Gasteiger partial charge on any atom is 0.257 e. The molecule has 3 nitrogen and oxygen atoms in total. The SMILES string of the molecule is C=C/C=C1\C(=O)N(c2ccc(OC)cc2)C1/C=C/c1ccccc1. The predicted molar refractivity (Wildman–Crippen MR) is 98.0 cm³/mol. The van der Waals surface area contributed by atoms with Gasteiger partial charge in [0, 0.05) is 11.3 Å². The van der Waals surface area contributed by atoms with Crippen LogP contribution in [0.1, 0.15) is 5.56 Å². The molecule has 1 amide bonds. The number of carbonyl (C=O) groups is 1. The summed E-state index contributed by atoms with van der Waals surface area (Å²) in [5.41, 5.74) is 2.70. The van der Waals surface area contributed by atoms with Crippen molar-refractivity contribution in [3.63, 3.8) is 0 Å². The van der Waals surface area contributed by atoms with Crippen LogP contribution >= 0.6 is 0 Å². The van der Waals surface area contributed by atoms with Crippen molar-refractivity contribution in [1.29, 1.82) is 0 Å². The summed E-state index contributed by atoms with van der Waals surface area (Å²) in [4.78, 5) is 14.2. The van der Waals surface area contributed by atoms with Gasteiger partial charge in [-0.2, -0.15) is 0 Å². The number of benzene rings is 2. The van der Waals surface area contributed by atoms with E-state index in [2.05, 4.69) is 6.58 Å². The molecule has 0 saturated carbocycles. The summed E-state index contributed by atoms with van der Waals surface area (Å²) in [6.45, 7) is 3.70. The molecule has 1 saturated heterocycles. The molecule has 1 heterocycles. The van der Waals surface area contributed by atoms with Crippen molar-refractivity contribution < 1.29 is 9.53 Å². The van der Waals surface area contributed by atoms with Crippen LogP contribution in [-0.2, 0) is 4.79 Å². The third-order valence-electron chi connectivity index (χ3n) is 3.98. The first kappa shape index (κ1) is 15.8. The van der Waals surface area contributed by atoms with Crippen molar-refractivity contribution in [2.24, 2.45) is 0 Å². The molecule has 0 aliphatic carbocycles. The summed E-state index contributed by atoms with van der Waals surface area (Å²) in [6.07, 6.45) is 7.51. The molecule has 0 bridgehead atoms. The van der Waals surface area contributed by atoms with Crippen LogP contribution in [0.15, 0.2) is 85.0 Å². The van der Waals surface area contributed by atoms with Crippen molar-refractivity contribution in [3.05, 3.63) is 90.5 Å². The lowest BCUT2D eigenvalue weighted by atomic mass is 9.91. The monoisotopic (exact) mass is 317 g/mol. The molecule has 0 spiro atoms. The van der Waals surface area contributed by atoms with E-state index < -0.39 is 0 Å². The molecule has 1 aliphatic rings. The smallest absolute Gasteiger partial charge is 0.257 e. The highest BCUT2D eigenvalue weighted by Crippen LogP contribution is 2.34. The lowest BCUT2D eigenvalue weighted by Gasteiger charge is -2.41. The third kappa shape index (κ3) is 3.01. The van der Waals surface area contributed by atoms with Gasteiger partial charge in [-0.25, -0.2) is 0 Å². The number of allylic oxidation sites excluding steroid dienone is 2. The molecule has 3 rings (SSSR count). The Kier molecular flexibility index (Phi) is 4.62. The average Bonchev–Trinajstić information content (AvgIpc) is 2.64. The minimum absolute atomic E-state index is 0.00257.